The monoisotopic (exact) mass is 204 g/mol. The predicted molar refractivity (Wildman–Crippen MR) is 55.7 cm³/mol. The Balaban J connectivity index is 2.65. The van der Waals surface area contributed by atoms with Crippen LogP contribution in [0.4, 0.5) is 8.78 Å². The summed E-state index contributed by atoms with van der Waals surface area (Å²) in [6.07, 6.45) is -1.02. The van der Waals surface area contributed by atoms with Crippen molar-refractivity contribution >= 4 is 0 Å². The van der Waals surface area contributed by atoms with Crippen LogP contribution in [0.2, 0.25) is 0 Å². The Bertz CT molecular complexity index is 159. The van der Waals surface area contributed by atoms with E-state index in [1.54, 1.807) is 0 Å². The van der Waals surface area contributed by atoms with Crippen molar-refractivity contribution in [3.63, 3.8) is 0 Å². The van der Waals surface area contributed by atoms with E-state index in [1.165, 1.54) is 0 Å². The first-order valence-corrected chi connectivity index (χ1v) is 5.71. The topological polar surface area (TPSA) is 0 Å². The number of rotatable bonds is 2. The molecule has 4 unspecified atom stereocenters. The van der Waals surface area contributed by atoms with E-state index in [0.717, 1.165) is 6.42 Å². The minimum absolute atomic E-state index is 0.0643. The third kappa shape index (κ3) is 2.46. The number of alkyl halides is 2. The van der Waals surface area contributed by atoms with Gasteiger partial charge in [0, 0.05) is 6.42 Å². The second-order valence-electron chi connectivity index (χ2n) is 5.32. The second-order valence-corrected chi connectivity index (χ2v) is 5.32. The van der Waals surface area contributed by atoms with Crippen LogP contribution < -0.4 is 0 Å². The molecule has 1 aliphatic rings. The molecule has 2 heteroatoms. The summed E-state index contributed by atoms with van der Waals surface area (Å²) in [5.41, 5.74) is 0. The lowest BCUT2D eigenvalue weighted by molar-refractivity contribution is 0.0145. The Hall–Kier alpha value is -0.140. The number of hydrogen-bond acceptors (Lipinski definition) is 0. The maximum absolute atomic E-state index is 13.5. The molecule has 0 radical (unpaired) electrons. The van der Waals surface area contributed by atoms with Crippen molar-refractivity contribution in [1.29, 1.82) is 0 Å². The Morgan fingerprint density at radius 3 is 1.43 bits per heavy atom. The van der Waals surface area contributed by atoms with Crippen molar-refractivity contribution in [3.8, 4) is 0 Å². The molecular formula is C12H22F2. The minimum Gasteiger partial charge on any atom is -0.247 e. The molecule has 0 amide bonds. The molecule has 0 saturated heterocycles. The predicted octanol–water partition coefficient (Wildman–Crippen LogP) is 4.00. The van der Waals surface area contributed by atoms with Crippen molar-refractivity contribution in [2.75, 3.05) is 0 Å². The van der Waals surface area contributed by atoms with Gasteiger partial charge in [-0.1, -0.05) is 27.7 Å². The molecule has 1 fully saturated rings. The highest BCUT2D eigenvalue weighted by Gasteiger charge is 2.39. The Morgan fingerprint density at radius 2 is 1.14 bits per heavy atom. The molecule has 84 valence electrons. The van der Waals surface area contributed by atoms with Gasteiger partial charge in [0.2, 0.25) is 0 Å². The van der Waals surface area contributed by atoms with Gasteiger partial charge < -0.3 is 0 Å². The number of halogens is 2. The van der Waals surface area contributed by atoms with Gasteiger partial charge in [0.05, 0.1) is 0 Å². The lowest BCUT2D eigenvalue weighted by Crippen LogP contribution is -2.38. The molecule has 0 nitrogen and oxygen atoms in total. The summed E-state index contributed by atoms with van der Waals surface area (Å²) in [7, 11) is 0. The number of hydrogen-bond donors (Lipinski definition) is 0. The first-order chi connectivity index (χ1) is 6.43. The molecule has 0 aromatic heterocycles. The Kier molecular flexibility index (Phi) is 3.91. The molecular weight excluding hydrogens is 182 g/mol. The lowest BCUT2D eigenvalue weighted by atomic mass is 9.70. The zero-order valence-electron chi connectivity index (χ0n) is 9.63. The summed E-state index contributed by atoms with van der Waals surface area (Å²) in [6.45, 7) is 8.14. The maximum Gasteiger partial charge on any atom is 0.106 e. The Labute approximate surface area is 86.1 Å². The van der Waals surface area contributed by atoms with E-state index in [0.29, 0.717) is 11.8 Å². The van der Waals surface area contributed by atoms with Crippen molar-refractivity contribution in [1.82, 2.24) is 0 Å². The van der Waals surface area contributed by atoms with E-state index >= 15 is 0 Å². The van der Waals surface area contributed by atoms with Gasteiger partial charge in [0.15, 0.2) is 0 Å². The normalized spacial score (nSPS) is 39.4. The summed E-state index contributed by atoms with van der Waals surface area (Å²) >= 11 is 0. The summed E-state index contributed by atoms with van der Waals surface area (Å²) in [5, 5.41) is 0. The summed E-state index contributed by atoms with van der Waals surface area (Å²) in [5.74, 6) is 0.793. The maximum atomic E-state index is 13.5. The van der Waals surface area contributed by atoms with E-state index in [1.807, 2.05) is 27.7 Å². The van der Waals surface area contributed by atoms with Crippen molar-refractivity contribution in [3.05, 3.63) is 0 Å². The van der Waals surface area contributed by atoms with Gasteiger partial charge in [-0.15, -0.1) is 0 Å². The van der Waals surface area contributed by atoms with Gasteiger partial charge in [-0.25, -0.2) is 8.78 Å². The molecule has 1 saturated carbocycles. The van der Waals surface area contributed by atoms with E-state index in [2.05, 4.69) is 0 Å². The van der Waals surface area contributed by atoms with Gasteiger partial charge in [0.25, 0.3) is 0 Å². The SMILES string of the molecule is CC(C)C1CC(C(C)C)C(F)CC1F. The molecule has 0 aromatic rings. The van der Waals surface area contributed by atoms with E-state index in [4.69, 9.17) is 0 Å². The van der Waals surface area contributed by atoms with E-state index < -0.39 is 12.3 Å². The van der Waals surface area contributed by atoms with Crippen molar-refractivity contribution < 1.29 is 8.78 Å². The second kappa shape index (κ2) is 4.59. The third-order valence-electron chi connectivity index (χ3n) is 3.64. The first-order valence-electron chi connectivity index (χ1n) is 5.71. The van der Waals surface area contributed by atoms with Gasteiger partial charge in [-0.3, -0.25) is 0 Å². The van der Waals surface area contributed by atoms with Crippen LogP contribution in [0.1, 0.15) is 40.5 Å². The standard InChI is InChI=1S/C12H22F2/c1-7(2)9-5-10(8(3)4)12(14)6-11(9)13/h7-12H,5-6H2,1-4H3. The molecule has 0 N–H and O–H groups in total. The summed E-state index contributed by atoms with van der Waals surface area (Å²) in [6, 6.07) is 0. The highest BCUT2D eigenvalue weighted by Crippen LogP contribution is 2.40. The molecule has 1 rings (SSSR count). The fraction of sp³-hybridized carbons (Fsp3) is 1.00. The van der Waals surface area contributed by atoms with Crippen LogP contribution in [0.5, 0.6) is 0 Å². The van der Waals surface area contributed by atoms with Crippen molar-refractivity contribution in [2.24, 2.45) is 23.7 Å². The summed E-state index contributed by atoms with van der Waals surface area (Å²) < 4.78 is 27.1. The van der Waals surface area contributed by atoms with Crippen molar-refractivity contribution in [2.45, 2.75) is 52.9 Å². The molecule has 1 aliphatic carbocycles. The van der Waals surface area contributed by atoms with Crippen LogP contribution in [0.25, 0.3) is 0 Å². The fourth-order valence-electron chi connectivity index (χ4n) is 2.55. The smallest absolute Gasteiger partial charge is 0.106 e. The zero-order chi connectivity index (χ0) is 10.9. The van der Waals surface area contributed by atoms with Gasteiger partial charge in [-0.05, 0) is 30.1 Å². The van der Waals surface area contributed by atoms with Crippen LogP contribution in [-0.4, -0.2) is 12.3 Å². The molecule has 0 heterocycles. The van der Waals surface area contributed by atoms with Gasteiger partial charge >= 0.3 is 0 Å². The summed E-state index contributed by atoms with van der Waals surface area (Å²) in [4.78, 5) is 0. The van der Waals surface area contributed by atoms with Crippen LogP contribution in [0.15, 0.2) is 0 Å². The molecule has 4 atom stereocenters. The average Bonchev–Trinajstić information content (AvgIpc) is 2.02. The highest BCUT2D eigenvalue weighted by molar-refractivity contribution is 4.88. The first kappa shape index (κ1) is 11.9. The lowest BCUT2D eigenvalue weighted by Gasteiger charge is -2.38. The fourth-order valence-corrected chi connectivity index (χ4v) is 2.55. The average molecular weight is 204 g/mol. The highest BCUT2D eigenvalue weighted by atomic mass is 19.1. The zero-order valence-corrected chi connectivity index (χ0v) is 9.63. The van der Waals surface area contributed by atoms with E-state index in [-0.39, 0.29) is 18.3 Å². The molecule has 0 spiro atoms. The van der Waals surface area contributed by atoms with Crippen LogP contribution >= 0.6 is 0 Å². The largest absolute Gasteiger partial charge is 0.247 e. The quantitative estimate of drug-likeness (QED) is 0.637. The van der Waals surface area contributed by atoms with Gasteiger partial charge in [0.1, 0.15) is 12.3 Å². The molecule has 0 aliphatic heterocycles. The third-order valence-corrected chi connectivity index (χ3v) is 3.64. The minimum atomic E-state index is -0.931. The molecule has 0 aromatic carbocycles. The van der Waals surface area contributed by atoms with Crippen LogP contribution in [0.3, 0.4) is 0 Å². The Morgan fingerprint density at radius 1 is 0.786 bits per heavy atom. The van der Waals surface area contributed by atoms with Crippen LogP contribution in [0, 0.1) is 23.7 Å². The van der Waals surface area contributed by atoms with Crippen LogP contribution in [-0.2, 0) is 0 Å². The molecule has 14 heavy (non-hydrogen) atoms. The van der Waals surface area contributed by atoms with E-state index in [9.17, 15) is 8.78 Å². The van der Waals surface area contributed by atoms with Gasteiger partial charge in [-0.2, -0.15) is 0 Å². The molecule has 0 bridgehead atoms.